The number of carbonyl (C=O) groups excluding carboxylic acids is 3. The predicted molar refractivity (Wildman–Crippen MR) is 116 cm³/mol. The van der Waals surface area contributed by atoms with Gasteiger partial charge in [0.05, 0.1) is 22.5 Å². The molecule has 1 aromatic heterocycles. The number of nitrogens with zero attached hydrogens (tertiary/aromatic N) is 2. The van der Waals surface area contributed by atoms with Crippen LogP contribution in [0, 0.1) is 0 Å². The minimum atomic E-state index is -1.05. The molecule has 2 aromatic carbocycles. The summed E-state index contributed by atoms with van der Waals surface area (Å²) in [5.41, 5.74) is 4.22. The van der Waals surface area contributed by atoms with Gasteiger partial charge in [-0.1, -0.05) is 30.3 Å². The number of hydrogen-bond acceptors (Lipinski definition) is 5. The van der Waals surface area contributed by atoms with Crippen molar-refractivity contribution in [1.29, 1.82) is 0 Å². The van der Waals surface area contributed by atoms with Gasteiger partial charge in [-0.05, 0) is 49.9 Å². The first kappa shape index (κ1) is 19.2. The Kier molecular flexibility index (Phi) is 4.66. The molecular formula is C24H21N3O4. The van der Waals surface area contributed by atoms with Crippen LogP contribution in [0.15, 0.2) is 48.5 Å². The summed E-state index contributed by atoms with van der Waals surface area (Å²) in [5, 5.41) is 3.48. The quantitative estimate of drug-likeness (QED) is 0.664. The molecule has 0 unspecified atom stereocenters. The molecule has 1 aliphatic carbocycles. The smallest absolute Gasteiger partial charge is 0.339 e. The number of hydrogen-bond donors (Lipinski definition) is 1. The number of pyridine rings is 1. The first-order valence-electron chi connectivity index (χ1n) is 10.3. The van der Waals surface area contributed by atoms with Gasteiger partial charge in [-0.15, -0.1) is 0 Å². The van der Waals surface area contributed by atoms with Crippen LogP contribution in [-0.2, 0) is 27.2 Å². The van der Waals surface area contributed by atoms with Crippen molar-refractivity contribution in [3.63, 3.8) is 0 Å². The van der Waals surface area contributed by atoms with E-state index in [1.807, 2.05) is 24.3 Å². The van der Waals surface area contributed by atoms with Gasteiger partial charge >= 0.3 is 5.97 Å². The molecule has 7 nitrogen and oxygen atoms in total. The van der Waals surface area contributed by atoms with E-state index in [0.717, 1.165) is 41.4 Å². The Morgan fingerprint density at radius 2 is 1.87 bits per heavy atom. The maximum Gasteiger partial charge on any atom is 0.339 e. The van der Waals surface area contributed by atoms with Gasteiger partial charge in [-0.25, -0.2) is 4.79 Å². The third-order valence-electron chi connectivity index (χ3n) is 5.79. The van der Waals surface area contributed by atoms with Crippen molar-refractivity contribution in [1.82, 2.24) is 4.98 Å². The van der Waals surface area contributed by atoms with Crippen LogP contribution in [0.4, 0.5) is 11.4 Å². The van der Waals surface area contributed by atoms with Crippen LogP contribution in [-0.4, -0.2) is 35.4 Å². The zero-order valence-corrected chi connectivity index (χ0v) is 17.1. The van der Waals surface area contributed by atoms with Crippen LogP contribution >= 0.6 is 0 Å². The van der Waals surface area contributed by atoms with Crippen LogP contribution < -0.4 is 10.2 Å². The molecule has 0 radical (unpaired) electrons. The molecule has 2 heterocycles. The molecule has 5 rings (SSSR count). The van der Waals surface area contributed by atoms with E-state index >= 15 is 0 Å². The number of esters is 1. The van der Waals surface area contributed by atoms with Gasteiger partial charge in [0.25, 0.3) is 5.91 Å². The zero-order valence-electron chi connectivity index (χ0n) is 17.1. The molecule has 7 heteroatoms. The van der Waals surface area contributed by atoms with Crippen molar-refractivity contribution in [2.75, 3.05) is 16.8 Å². The number of amides is 2. The van der Waals surface area contributed by atoms with Crippen molar-refractivity contribution in [2.24, 2.45) is 0 Å². The fraction of sp³-hybridized carbons (Fsp3) is 0.250. The first-order valence-corrected chi connectivity index (χ1v) is 10.3. The Morgan fingerprint density at radius 1 is 1.10 bits per heavy atom. The molecule has 2 aliphatic rings. The monoisotopic (exact) mass is 415 g/mol. The van der Waals surface area contributed by atoms with E-state index < -0.39 is 18.0 Å². The lowest BCUT2D eigenvalue weighted by atomic mass is 10.0. The van der Waals surface area contributed by atoms with E-state index in [9.17, 15) is 14.4 Å². The molecule has 0 spiro atoms. The lowest BCUT2D eigenvalue weighted by Crippen LogP contribution is -2.47. The SMILES string of the molecule is C[C@H](OC(=O)c1c2c(nc3ccccc13)CCC2)C(=O)N1CC(=O)Nc2ccccc21. The molecular weight excluding hydrogens is 394 g/mol. The standard InChI is InChI=1S/C24H21N3O4/c1-14(23(29)27-13-21(28)26-19-10-4-5-12-20(19)27)31-24(30)22-15-7-2-3-9-17(15)25-18-11-6-8-16(18)22/h2-5,7,9-10,12,14H,6,8,11,13H2,1H3,(H,26,28)/t14-/m0/s1. The fourth-order valence-electron chi connectivity index (χ4n) is 4.36. The second-order valence-corrected chi connectivity index (χ2v) is 7.82. The molecule has 1 aliphatic heterocycles. The summed E-state index contributed by atoms with van der Waals surface area (Å²) >= 11 is 0. The summed E-state index contributed by atoms with van der Waals surface area (Å²) in [4.78, 5) is 44.5. The largest absolute Gasteiger partial charge is 0.449 e. The number of fused-ring (bicyclic) bond motifs is 3. The zero-order chi connectivity index (χ0) is 21.5. The van der Waals surface area contributed by atoms with Crippen molar-refractivity contribution < 1.29 is 19.1 Å². The van der Waals surface area contributed by atoms with E-state index in [0.29, 0.717) is 16.9 Å². The van der Waals surface area contributed by atoms with Gasteiger partial charge in [0.15, 0.2) is 6.10 Å². The van der Waals surface area contributed by atoms with Crippen molar-refractivity contribution in [3.8, 4) is 0 Å². The summed E-state index contributed by atoms with van der Waals surface area (Å²) in [6, 6.07) is 14.5. The number of ether oxygens (including phenoxy) is 1. The number of aryl methyl sites for hydroxylation is 1. The molecule has 1 atom stereocenters. The van der Waals surface area contributed by atoms with Gasteiger partial charge in [0.2, 0.25) is 5.91 Å². The van der Waals surface area contributed by atoms with Crippen molar-refractivity contribution >= 4 is 40.1 Å². The third-order valence-corrected chi connectivity index (χ3v) is 5.79. The molecule has 0 saturated carbocycles. The maximum absolute atomic E-state index is 13.2. The van der Waals surface area contributed by atoms with Gasteiger partial charge in [0, 0.05) is 11.1 Å². The van der Waals surface area contributed by atoms with Gasteiger partial charge in [0.1, 0.15) is 6.54 Å². The summed E-state index contributed by atoms with van der Waals surface area (Å²) in [5.74, 6) is -1.26. The summed E-state index contributed by atoms with van der Waals surface area (Å²) < 4.78 is 5.65. The third kappa shape index (κ3) is 3.32. The van der Waals surface area contributed by atoms with E-state index in [2.05, 4.69) is 5.32 Å². The molecule has 0 bridgehead atoms. The highest BCUT2D eigenvalue weighted by atomic mass is 16.5. The summed E-state index contributed by atoms with van der Waals surface area (Å²) in [6.45, 7) is 1.42. The Labute approximate surface area is 179 Å². The minimum absolute atomic E-state index is 0.120. The Bertz CT molecular complexity index is 1240. The molecule has 0 saturated heterocycles. The average molecular weight is 415 g/mol. The second kappa shape index (κ2) is 7.50. The lowest BCUT2D eigenvalue weighted by Gasteiger charge is -2.30. The Hall–Kier alpha value is -3.74. The van der Waals surface area contributed by atoms with Crippen molar-refractivity contribution in [3.05, 3.63) is 65.4 Å². The summed E-state index contributed by atoms with van der Waals surface area (Å²) in [6.07, 6.45) is 1.48. The number of nitrogens with one attached hydrogen (secondary N) is 1. The number of carbonyl (C=O) groups is 3. The number of aromatic nitrogens is 1. The van der Waals surface area contributed by atoms with E-state index in [-0.39, 0.29) is 12.5 Å². The topological polar surface area (TPSA) is 88.6 Å². The maximum atomic E-state index is 13.2. The number of rotatable bonds is 3. The fourth-order valence-corrected chi connectivity index (χ4v) is 4.36. The minimum Gasteiger partial charge on any atom is -0.449 e. The predicted octanol–water partition coefficient (Wildman–Crippen LogP) is 3.25. The average Bonchev–Trinajstić information content (AvgIpc) is 3.24. The van der Waals surface area contributed by atoms with E-state index in [1.54, 1.807) is 31.2 Å². The van der Waals surface area contributed by atoms with Gasteiger partial charge in [-0.3, -0.25) is 19.5 Å². The summed E-state index contributed by atoms with van der Waals surface area (Å²) in [7, 11) is 0. The van der Waals surface area contributed by atoms with Crippen LogP contribution in [0.25, 0.3) is 10.9 Å². The molecule has 156 valence electrons. The first-order chi connectivity index (χ1) is 15.0. The highest BCUT2D eigenvalue weighted by Gasteiger charge is 2.33. The molecule has 31 heavy (non-hydrogen) atoms. The Balaban J connectivity index is 1.45. The highest BCUT2D eigenvalue weighted by molar-refractivity contribution is 6.12. The van der Waals surface area contributed by atoms with Crippen LogP contribution in [0.3, 0.4) is 0 Å². The molecule has 1 N–H and O–H groups in total. The van der Waals surface area contributed by atoms with Crippen LogP contribution in [0.5, 0.6) is 0 Å². The number of para-hydroxylation sites is 3. The highest BCUT2D eigenvalue weighted by Crippen LogP contribution is 2.32. The molecule has 2 amide bonds. The van der Waals surface area contributed by atoms with Crippen LogP contribution in [0.1, 0.15) is 35.0 Å². The normalized spacial score (nSPS) is 15.8. The van der Waals surface area contributed by atoms with Crippen LogP contribution in [0.2, 0.25) is 0 Å². The van der Waals surface area contributed by atoms with Gasteiger partial charge in [-0.2, -0.15) is 0 Å². The number of benzene rings is 2. The van der Waals surface area contributed by atoms with Crippen molar-refractivity contribution in [2.45, 2.75) is 32.3 Å². The number of anilines is 2. The molecule has 3 aromatic rings. The van der Waals surface area contributed by atoms with E-state index in [1.165, 1.54) is 4.90 Å². The lowest BCUT2D eigenvalue weighted by molar-refractivity contribution is -0.128. The van der Waals surface area contributed by atoms with E-state index in [4.69, 9.17) is 9.72 Å². The Morgan fingerprint density at radius 3 is 2.74 bits per heavy atom. The van der Waals surface area contributed by atoms with Gasteiger partial charge < -0.3 is 10.1 Å². The molecule has 0 fully saturated rings. The second-order valence-electron chi connectivity index (χ2n) is 7.82.